The van der Waals surface area contributed by atoms with Gasteiger partial charge < -0.3 is 24.8 Å². The van der Waals surface area contributed by atoms with Crippen molar-refractivity contribution in [2.45, 2.75) is 30.9 Å². The number of carboxylic acids is 1. The van der Waals surface area contributed by atoms with Crippen LogP contribution >= 0.6 is 0 Å². The molecule has 2 N–H and O–H groups in total. The number of benzene rings is 2. The number of nitrogens with one attached hydrogen (secondary N) is 1. The fourth-order valence-corrected chi connectivity index (χ4v) is 5.20. The quantitative estimate of drug-likeness (QED) is 0.653. The van der Waals surface area contributed by atoms with Crippen LogP contribution in [0.5, 0.6) is 0 Å². The van der Waals surface area contributed by atoms with Gasteiger partial charge in [0.05, 0.1) is 6.10 Å². The summed E-state index contributed by atoms with van der Waals surface area (Å²) in [5, 5.41) is 12.2. The molecule has 2 fully saturated rings. The Morgan fingerprint density at radius 2 is 1.65 bits per heavy atom. The first-order chi connectivity index (χ1) is 16.5. The Kier molecular flexibility index (Phi) is 6.00. The van der Waals surface area contributed by atoms with Crippen molar-refractivity contribution in [2.75, 3.05) is 26.8 Å². The van der Waals surface area contributed by atoms with Gasteiger partial charge in [0.25, 0.3) is 0 Å². The lowest BCUT2D eigenvalue weighted by atomic mass is 9.98. The number of fused-ring (bicyclic) bond motifs is 3. The number of hydrogen-bond donors (Lipinski definition) is 2. The zero-order valence-electron chi connectivity index (χ0n) is 19.0. The number of nitrogens with zero attached hydrogens (tertiary/aromatic N) is 1. The second-order valence-electron chi connectivity index (χ2n) is 9.25. The number of likely N-dealkylation sites (tertiary alicyclic amines) is 1. The van der Waals surface area contributed by atoms with Gasteiger partial charge in [-0.25, -0.2) is 4.79 Å². The summed E-state index contributed by atoms with van der Waals surface area (Å²) in [6, 6.07) is 15.5. The first-order valence-corrected chi connectivity index (χ1v) is 11.6. The van der Waals surface area contributed by atoms with Gasteiger partial charge in [-0.05, 0) is 41.0 Å². The van der Waals surface area contributed by atoms with Crippen molar-refractivity contribution in [3.8, 4) is 11.1 Å². The van der Waals surface area contributed by atoms with Crippen molar-refractivity contribution in [3.63, 3.8) is 0 Å². The Morgan fingerprint density at radius 3 is 2.18 bits per heavy atom. The monoisotopic (exact) mass is 464 g/mol. The van der Waals surface area contributed by atoms with E-state index in [0.29, 0.717) is 0 Å². The van der Waals surface area contributed by atoms with Crippen LogP contribution < -0.4 is 5.32 Å². The van der Waals surface area contributed by atoms with Crippen molar-refractivity contribution in [2.24, 2.45) is 11.8 Å². The highest BCUT2D eigenvalue weighted by Gasteiger charge is 2.45. The van der Waals surface area contributed by atoms with Crippen LogP contribution in [0.4, 0.5) is 4.79 Å². The number of alkyl carbamates (subject to hydrolysis) is 1. The minimum Gasteiger partial charge on any atom is -0.481 e. The third-order valence-electron chi connectivity index (χ3n) is 7.17. The number of ether oxygens (including phenoxy) is 2. The second-order valence-corrected chi connectivity index (χ2v) is 9.25. The maximum Gasteiger partial charge on any atom is 0.407 e. The molecule has 5 rings (SSSR count). The molecule has 2 aromatic rings. The van der Waals surface area contributed by atoms with E-state index < -0.39 is 30.1 Å². The molecule has 2 aliphatic carbocycles. The summed E-state index contributed by atoms with van der Waals surface area (Å²) in [7, 11) is 1.45. The molecule has 1 saturated heterocycles. The number of carbonyl (C=O) groups is 3. The van der Waals surface area contributed by atoms with Gasteiger partial charge in [0.2, 0.25) is 5.91 Å². The Hall–Kier alpha value is -3.39. The number of carbonyl (C=O) groups excluding carboxylic acids is 2. The Labute approximate surface area is 197 Å². The summed E-state index contributed by atoms with van der Waals surface area (Å²) in [6.07, 6.45) is 0.480. The molecule has 2 amide bonds. The summed E-state index contributed by atoms with van der Waals surface area (Å²) in [4.78, 5) is 38.9. The van der Waals surface area contributed by atoms with Crippen molar-refractivity contribution >= 4 is 18.0 Å². The van der Waals surface area contributed by atoms with E-state index in [4.69, 9.17) is 9.47 Å². The summed E-state index contributed by atoms with van der Waals surface area (Å²) in [5.74, 6) is -2.07. The molecule has 178 valence electrons. The van der Waals surface area contributed by atoms with Gasteiger partial charge >= 0.3 is 12.1 Å². The first-order valence-electron chi connectivity index (χ1n) is 11.6. The predicted molar refractivity (Wildman–Crippen MR) is 123 cm³/mol. The van der Waals surface area contributed by atoms with Crippen LogP contribution in [0.3, 0.4) is 0 Å². The molecule has 1 heterocycles. The molecule has 8 heteroatoms. The lowest BCUT2D eigenvalue weighted by Crippen LogP contribution is -2.49. The molecule has 0 bridgehead atoms. The van der Waals surface area contributed by atoms with Gasteiger partial charge in [-0.15, -0.1) is 0 Å². The molecule has 0 radical (unpaired) electrons. The summed E-state index contributed by atoms with van der Waals surface area (Å²) in [5.41, 5.74) is 4.53. The van der Waals surface area contributed by atoms with Gasteiger partial charge in [-0.3, -0.25) is 9.59 Å². The third kappa shape index (κ3) is 4.14. The summed E-state index contributed by atoms with van der Waals surface area (Å²) < 4.78 is 10.9. The molecule has 1 aliphatic heterocycles. The largest absolute Gasteiger partial charge is 0.481 e. The van der Waals surface area contributed by atoms with E-state index in [0.717, 1.165) is 35.1 Å². The lowest BCUT2D eigenvalue weighted by molar-refractivity contribution is -0.144. The predicted octanol–water partition coefficient (Wildman–Crippen LogP) is 2.86. The van der Waals surface area contributed by atoms with E-state index in [1.807, 2.05) is 24.3 Å². The maximum atomic E-state index is 13.2. The van der Waals surface area contributed by atoms with Crippen LogP contribution in [0.25, 0.3) is 11.1 Å². The molecular weight excluding hydrogens is 436 g/mol. The van der Waals surface area contributed by atoms with Crippen molar-refractivity contribution in [1.82, 2.24) is 10.2 Å². The van der Waals surface area contributed by atoms with E-state index in [9.17, 15) is 19.5 Å². The summed E-state index contributed by atoms with van der Waals surface area (Å²) >= 11 is 0. The topological polar surface area (TPSA) is 105 Å². The van der Waals surface area contributed by atoms with Crippen LogP contribution in [0.2, 0.25) is 0 Å². The molecular formula is C26H28N2O6. The SMILES string of the molecule is COC1CN(C(=O)C(NC(=O)OCC2c3ccccc3-c3ccccc32)C2CC2)CC1C(=O)O. The van der Waals surface area contributed by atoms with Crippen molar-refractivity contribution in [1.29, 1.82) is 0 Å². The molecule has 3 unspecified atom stereocenters. The molecule has 3 atom stereocenters. The Bertz CT molecular complexity index is 1070. The fraction of sp³-hybridized carbons (Fsp3) is 0.423. The average Bonchev–Trinajstić information content (AvgIpc) is 3.51. The summed E-state index contributed by atoms with van der Waals surface area (Å²) in [6.45, 7) is 0.437. The van der Waals surface area contributed by atoms with Crippen LogP contribution in [0.15, 0.2) is 48.5 Å². The fourth-order valence-electron chi connectivity index (χ4n) is 5.20. The number of amides is 2. The minimum absolute atomic E-state index is 0.0397. The highest BCUT2D eigenvalue weighted by molar-refractivity contribution is 5.87. The highest BCUT2D eigenvalue weighted by atomic mass is 16.5. The molecule has 34 heavy (non-hydrogen) atoms. The van der Waals surface area contributed by atoms with Crippen molar-refractivity contribution in [3.05, 3.63) is 59.7 Å². The lowest BCUT2D eigenvalue weighted by Gasteiger charge is -2.24. The second kappa shape index (κ2) is 9.10. The van der Waals surface area contributed by atoms with Crippen molar-refractivity contribution < 1.29 is 29.0 Å². The van der Waals surface area contributed by atoms with Crippen LogP contribution in [0, 0.1) is 11.8 Å². The van der Waals surface area contributed by atoms with Gasteiger partial charge in [0.1, 0.15) is 18.6 Å². The number of rotatable bonds is 7. The number of methoxy groups -OCH3 is 1. The Balaban J connectivity index is 1.24. The minimum atomic E-state index is -0.991. The average molecular weight is 465 g/mol. The number of aliphatic carboxylic acids is 1. The zero-order chi connectivity index (χ0) is 23.8. The van der Waals surface area contributed by atoms with Gasteiger partial charge in [-0.2, -0.15) is 0 Å². The molecule has 0 aromatic heterocycles. The molecule has 3 aliphatic rings. The van der Waals surface area contributed by atoms with Crippen LogP contribution in [0.1, 0.15) is 29.9 Å². The van der Waals surface area contributed by atoms with Gasteiger partial charge in [-0.1, -0.05) is 48.5 Å². The molecule has 8 nitrogen and oxygen atoms in total. The normalized spacial score (nSPS) is 22.1. The van der Waals surface area contributed by atoms with E-state index in [1.54, 1.807) is 0 Å². The number of carboxylic acid groups (broad SMARTS) is 1. The van der Waals surface area contributed by atoms with Crippen LogP contribution in [-0.2, 0) is 19.1 Å². The first kappa shape index (κ1) is 22.4. The van der Waals surface area contributed by atoms with Gasteiger partial charge in [0, 0.05) is 26.1 Å². The smallest absolute Gasteiger partial charge is 0.407 e. The zero-order valence-corrected chi connectivity index (χ0v) is 19.0. The third-order valence-corrected chi connectivity index (χ3v) is 7.17. The van der Waals surface area contributed by atoms with E-state index in [-0.39, 0.29) is 37.4 Å². The van der Waals surface area contributed by atoms with E-state index >= 15 is 0 Å². The standard InChI is InChI=1S/C26H28N2O6/c1-33-22-13-28(12-20(22)25(30)31)24(29)23(15-10-11-15)27-26(32)34-14-21-18-8-4-2-6-16(18)17-7-3-5-9-19(17)21/h2-9,15,20-23H,10-14H2,1H3,(H,27,32)(H,30,31). The molecule has 2 aromatic carbocycles. The van der Waals surface area contributed by atoms with E-state index in [2.05, 4.69) is 29.6 Å². The highest BCUT2D eigenvalue weighted by Crippen LogP contribution is 2.44. The molecule has 0 spiro atoms. The maximum absolute atomic E-state index is 13.2. The van der Waals surface area contributed by atoms with Crippen LogP contribution in [-0.4, -0.2) is 66.9 Å². The van der Waals surface area contributed by atoms with E-state index in [1.165, 1.54) is 12.0 Å². The number of hydrogen-bond acceptors (Lipinski definition) is 5. The van der Waals surface area contributed by atoms with Gasteiger partial charge in [0.15, 0.2) is 0 Å². The Morgan fingerprint density at radius 1 is 1.03 bits per heavy atom. The molecule has 1 saturated carbocycles.